The number of aliphatic carboxylic acids is 1. The number of thioether (sulfide) groups is 1. The standard InChI is InChI=1S/C16H21NO3S/c1-12-3-2-4-13(11-12)5-6-14(18)17-16(15(19)20)7-9-21-10-8-16/h2-4,11H,5-10H2,1H3,(H,17,18)(H,19,20). The van der Waals surface area contributed by atoms with Crippen LogP contribution in [-0.4, -0.2) is 34.0 Å². The van der Waals surface area contributed by atoms with Gasteiger partial charge in [0.1, 0.15) is 5.54 Å². The first-order valence-electron chi connectivity index (χ1n) is 7.19. The van der Waals surface area contributed by atoms with E-state index in [1.54, 1.807) is 11.8 Å². The summed E-state index contributed by atoms with van der Waals surface area (Å²) in [4.78, 5) is 23.6. The lowest BCUT2D eigenvalue weighted by molar-refractivity contribution is -0.148. The van der Waals surface area contributed by atoms with E-state index in [2.05, 4.69) is 11.4 Å². The van der Waals surface area contributed by atoms with E-state index in [4.69, 9.17) is 0 Å². The molecule has 0 saturated carbocycles. The van der Waals surface area contributed by atoms with E-state index in [0.717, 1.165) is 17.1 Å². The molecule has 1 aliphatic rings. The smallest absolute Gasteiger partial charge is 0.329 e. The molecule has 0 aliphatic carbocycles. The zero-order valence-electron chi connectivity index (χ0n) is 12.2. The number of carbonyl (C=O) groups is 2. The van der Waals surface area contributed by atoms with Crippen molar-refractivity contribution in [1.29, 1.82) is 0 Å². The topological polar surface area (TPSA) is 66.4 Å². The molecule has 1 heterocycles. The summed E-state index contributed by atoms with van der Waals surface area (Å²) in [5.41, 5.74) is 1.21. The van der Waals surface area contributed by atoms with Crippen molar-refractivity contribution in [2.75, 3.05) is 11.5 Å². The number of nitrogens with one attached hydrogen (secondary N) is 1. The van der Waals surface area contributed by atoms with Crippen LogP contribution >= 0.6 is 11.8 Å². The van der Waals surface area contributed by atoms with Gasteiger partial charge in [0.05, 0.1) is 0 Å². The fourth-order valence-corrected chi connectivity index (χ4v) is 3.76. The van der Waals surface area contributed by atoms with Crippen LogP contribution in [0, 0.1) is 6.92 Å². The molecular formula is C16H21NO3S. The maximum atomic E-state index is 12.1. The second-order valence-corrected chi connectivity index (χ2v) is 6.76. The van der Waals surface area contributed by atoms with Gasteiger partial charge in [-0.25, -0.2) is 4.79 Å². The van der Waals surface area contributed by atoms with Gasteiger partial charge < -0.3 is 10.4 Å². The number of aryl methyl sites for hydroxylation is 2. The fraction of sp³-hybridized carbons (Fsp3) is 0.500. The molecule has 0 atom stereocenters. The Morgan fingerprint density at radius 1 is 1.33 bits per heavy atom. The highest BCUT2D eigenvalue weighted by Gasteiger charge is 2.41. The van der Waals surface area contributed by atoms with Gasteiger partial charge in [-0.05, 0) is 43.3 Å². The average Bonchev–Trinajstić information content (AvgIpc) is 2.46. The molecule has 0 aromatic heterocycles. The third-order valence-electron chi connectivity index (χ3n) is 3.86. The van der Waals surface area contributed by atoms with Crippen LogP contribution in [0.5, 0.6) is 0 Å². The first-order valence-corrected chi connectivity index (χ1v) is 8.35. The molecule has 1 aromatic rings. The molecule has 1 amide bonds. The number of carboxylic acids is 1. The predicted molar refractivity (Wildman–Crippen MR) is 84.6 cm³/mol. The van der Waals surface area contributed by atoms with E-state index in [1.807, 2.05) is 25.1 Å². The van der Waals surface area contributed by atoms with Gasteiger partial charge in [0.15, 0.2) is 0 Å². The number of hydrogen-bond acceptors (Lipinski definition) is 3. The van der Waals surface area contributed by atoms with E-state index >= 15 is 0 Å². The van der Waals surface area contributed by atoms with Crippen LogP contribution in [0.4, 0.5) is 0 Å². The lowest BCUT2D eigenvalue weighted by atomic mass is 9.92. The van der Waals surface area contributed by atoms with E-state index < -0.39 is 11.5 Å². The predicted octanol–water partition coefficient (Wildman–Crippen LogP) is 2.39. The van der Waals surface area contributed by atoms with Crippen molar-refractivity contribution in [2.45, 2.75) is 38.1 Å². The summed E-state index contributed by atoms with van der Waals surface area (Å²) in [7, 11) is 0. The minimum atomic E-state index is -1.06. The van der Waals surface area contributed by atoms with Gasteiger partial charge >= 0.3 is 5.97 Å². The van der Waals surface area contributed by atoms with Crippen LogP contribution in [0.1, 0.15) is 30.4 Å². The van der Waals surface area contributed by atoms with Crippen LogP contribution in [0.15, 0.2) is 24.3 Å². The van der Waals surface area contributed by atoms with Gasteiger partial charge in [0, 0.05) is 6.42 Å². The van der Waals surface area contributed by atoms with Crippen molar-refractivity contribution >= 4 is 23.6 Å². The number of benzene rings is 1. The zero-order chi connectivity index (χ0) is 15.3. The van der Waals surface area contributed by atoms with Crippen molar-refractivity contribution in [3.05, 3.63) is 35.4 Å². The third-order valence-corrected chi connectivity index (χ3v) is 4.84. The summed E-state index contributed by atoms with van der Waals surface area (Å²) >= 11 is 1.74. The quantitative estimate of drug-likeness (QED) is 0.876. The Labute approximate surface area is 129 Å². The molecule has 0 spiro atoms. The fourth-order valence-electron chi connectivity index (χ4n) is 2.57. The Morgan fingerprint density at radius 2 is 2.05 bits per heavy atom. The number of rotatable bonds is 5. The molecule has 1 aromatic carbocycles. The molecule has 2 rings (SSSR count). The summed E-state index contributed by atoms with van der Waals surface area (Å²) in [6.07, 6.45) is 1.97. The van der Waals surface area contributed by atoms with Gasteiger partial charge in [-0.1, -0.05) is 29.8 Å². The minimum absolute atomic E-state index is 0.175. The van der Waals surface area contributed by atoms with Gasteiger partial charge in [0.25, 0.3) is 0 Å². The van der Waals surface area contributed by atoms with Crippen molar-refractivity contribution in [2.24, 2.45) is 0 Å². The van der Waals surface area contributed by atoms with E-state index in [9.17, 15) is 14.7 Å². The highest BCUT2D eigenvalue weighted by atomic mass is 32.2. The second-order valence-electron chi connectivity index (χ2n) is 5.54. The second kappa shape index (κ2) is 6.98. The van der Waals surface area contributed by atoms with E-state index in [-0.39, 0.29) is 5.91 Å². The lowest BCUT2D eigenvalue weighted by Crippen LogP contribution is -2.56. The van der Waals surface area contributed by atoms with Crippen molar-refractivity contribution in [3.63, 3.8) is 0 Å². The van der Waals surface area contributed by atoms with Crippen molar-refractivity contribution in [3.8, 4) is 0 Å². The molecule has 0 bridgehead atoms. The summed E-state index contributed by atoms with van der Waals surface area (Å²) in [6.45, 7) is 2.02. The maximum Gasteiger partial charge on any atom is 0.329 e. The number of carbonyl (C=O) groups excluding carboxylic acids is 1. The molecular weight excluding hydrogens is 286 g/mol. The van der Waals surface area contributed by atoms with Crippen molar-refractivity contribution in [1.82, 2.24) is 5.32 Å². The normalized spacial score (nSPS) is 17.2. The molecule has 4 nitrogen and oxygen atoms in total. The Balaban J connectivity index is 1.92. The first-order chi connectivity index (χ1) is 10.0. The van der Waals surface area contributed by atoms with Crippen LogP contribution in [0.2, 0.25) is 0 Å². The molecule has 1 fully saturated rings. The van der Waals surface area contributed by atoms with Crippen LogP contribution in [-0.2, 0) is 16.0 Å². The summed E-state index contributed by atoms with van der Waals surface area (Å²) in [5, 5.41) is 12.2. The third kappa shape index (κ3) is 4.24. The van der Waals surface area contributed by atoms with Gasteiger partial charge in [-0.3, -0.25) is 4.79 Å². The molecule has 0 radical (unpaired) electrons. The lowest BCUT2D eigenvalue weighted by Gasteiger charge is -2.33. The van der Waals surface area contributed by atoms with Crippen LogP contribution in [0.3, 0.4) is 0 Å². The summed E-state index contributed by atoms with van der Waals surface area (Å²) in [6, 6.07) is 8.03. The Bertz CT molecular complexity index is 524. The minimum Gasteiger partial charge on any atom is -0.480 e. The molecule has 1 aliphatic heterocycles. The Morgan fingerprint density at radius 3 is 2.67 bits per heavy atom. The average molecular weight is 307 g/mol. The van der Waals surface area contributed by atoms with E-state index in [1.165, 1.54) is 5.56 Å². The molecule has 114 valence electrons. The number of amides is 1. The molecule has 2 N–H and O–H groups in total. The summed E-state index contributed by atoms with van der Waals surface area (Å²) < 4.78 is 0. The highest BCUT2D eigenvalue weighted by Crippen LogP contribution is 2.27. The largest absolute Gasteiger partial charge is 0.480 e. The van der Waals surface area contributed by atoms with Crippen molar-refractivity contribution < 1.29 is 14.7 Å². The monoisotopic (exact) mass is 307 g/mol. The highest BCUT2D eigenvalue weighted by molar-refractivity contribution is 7.99. The van der Waals surface area contributed by atoms with Gasteiger partial charge in [-0.2, -0.15) is 11.8 Å². The Hall–Kier alpha value is -1.49. The Kier molecular flexibility index (Phi) is 5.28. The van der Waals surface area contributed by atoms with Crippen LogP contribution < -0.4 is 5.32 Å². The zero-order valence-corrected chi connectivity index (χ0v) is 13.0. The summed E-state index contributed by atoms with van der Waals surface area (Å²) in [5.74, 6) is 0.479. The SMILES string of the molecule is Cc1cccc(CCC(=O)NC2(C(=O)O)CCSCC2)c1. The van der Waals surface area contributed by atoms with Gasteiger partial charge in [0.2, 0.25) is 5.91 Å². The van der Waals surface area contributed by atoms with Gasteiger partial charge in [-0.15, -0.1) is 0 Å². The number of carboxylic acid groups (broad SMARTS) is 1. The van der Waals surface area contributed by atoms with Crippen LogP contribution in [0.25, 0.3) is 0 Å². The molecule has 0 unspecified atom stereocenters. The first kappa shape index (κ1) is 15.9. The maximum absolute atomic E-state index is 12.1. The number of hydrogen-bond donors (Lipinski definition) is 2. The molecule has 1 saturated heterocycles. The molecule has 5 heteroatoms. The van der Waals surface area contributed by atoms with E-state index in [0.29, 0.717) is 25.7 Å². The molecule has 21 heavy (non-hydrogen) atoms.